The Bertz CT molecular complexity index is 649. The zero-order chi connectivity index (χ0) is 14.8. The van der Waals surface area contributed by atoms with Crippen LogP contribution < -0.4 is 5.32 Å². The minimum atomic E-state index is -0.0353. The number of likely N-dealkylation sites (tertiary alicyclic amines) is 1. The highest BCUT2D eigenvalue weighted by Crippen LogP contribution is 2.17. The Labute approximate surface area is 125 Å². The van der Waals surface area contributed by atoms with Gasteiger partial charge in [0, 0.05) is 25.0 Å². The van der Waals surface area contributed by atoms with E-state index in [9.17, 15) is 4.79 Å². The van der Waals surface area contributed by atoms with E-state index in [-0.39, 0.29) is 5.91 Å². The minimum absolute atomic E-state index is 0.0353. The number of aromatic nitrogens is 2. The maximum atomic E-state index is 12.3. The van der Waals surface area contributed by atoms with Gasteiger partial charge in [-0.25, -0.2) is 4.98 Å². The van der Waals surface area contributed by atoms with Crippen molar-refractivity contribution in [3.63, 3.8) is 0 Å². The summed E-state index contributed by atoms with van der Waals surface area (Å²) in [6.45, 7) is 3.82. The molecule has 1 fully saturated rings. The summed E-state index contributed by atoms with van der Waals surface area (Å²) >= 11 is 0. The molecule has 0 spiro atoms. The topological polar surface area (TPSA) is 49.6 Å². The Balaban J connectivity index is 1.64. The van der Waals surface area contributed by atoms with E-state index < -0.39 is 0 Å². The van der Waals surface area contributed by atoms with Gasteiger partial charge in [0.25, 0.3) is 5.91 Å². The molecule has 21 heavy (non-hydrogen) atoms. The van der Waals surface area contributed by atoms with Crippen LogP contribution in [0.5, 0.6) is 0 Å². The van der Waals surface area contributed by atoms with E-state index >= 15 is 0 Å². The number of hydrogen-bond donors (Lipinski definition) is 1. The minimum Gasteiger partial charge on any atom is -0.352 e. The molecule has 0 radical (unpaired) electrons. The lowest BCUT2D eigenvalue weighted by Gasteiger charge is -2.19. The molecule has 1 aliphatic rings. The quantitative estimate of drug-likeness (QED) is 0.933. The molecule has 1 saturated heterocycles. The predicted octanol–water partition coefficient (Wildman–Crippen LogP) is 1.86. The largest absolute Gasteiger partial charge is 0.352 e. The number of fused-ring (bicyclic) bond motifs is 1. The number of nitrogens with one attached hydrogen (secondary N) is 1. The highest BCUT2D eigenvalue weighted by atomic mass is 16.1. The Morgan fingerprint density at radius 3 is 3.14 bits per heavy atom. The molecule has 5 nitrogen and oxygen atoms in total. The third-order valence-corrected chi connectivity index (χ3v) is 4.28. The molecule has 3 rings (SSSR count). The molecular formula is C16H22N4O. The molecule has 0 aliphatic carbocycles. The van der Waals surface area contributed by atoms with Gasteiger partial charge in [0.15, 0.2) is 0 Å². The number of aryl methyl sites for hydroxylation is 1. The van der Waals surface area contributed by atoms with Gasteiger partial charge in [-0.1, -0.05) is 0 Å². The van der Waals surface area contributed by atoms with E-state index in [1.54, 1.807) is 0 Å². The normalized spacial score (nSPS) is 19.2. The van der Waals surface area contributed by atoms with E-state index in [0.717, 1.165) is 17.8 Å². The van der Waals surface area contributed by atoms with Crippen molar-refractivity contribution >= 4 is 11.6 Å². The second-order valence-electron chi connectivity index (χ2n) is 5.86. The molecule has 5 heteroatoms. The monoisotopic (exact) mass is 286 g/mol. The van der Waals surface area contributed by atoms with Crippen molar-refractivity contribution in [3.8, 4) is 0 Å². The molecule has 1 atom stereocenters. The van der Waals surface area contributed by atoms with E-state index in [0.29, 0.717) is 18.2 Å². The molecular weight excluding hydrogens is 264 g/mol. The predicted molar refractivity (Wildman–Crippen MR) is 82.5 cm³/mol. The molecule has 0 unspecified atom stereocenters. The molecule has 0 bridgehead atoms. The average molecular weight is 286 g/mol. The van der Waals surface area contributed by atoms with E-state index in [1.165, 1.54) is 19.4 Å². The third-order valence-electron chi connectivity index (χ3n) is 4.28. The number of carbonyl (C=O) groups is 1. The highest BCUT2D eigenvalue weighted by molar-refractivity contribution is 5.99. The van der Waals surface area contributed by atoms with Crippen LogP contribution in [0.1, 0.15) is 35.3 Å². The molecule has 1 amide bonds. The summed E-state index contributed by atoms with van der Waals surface area (Å²) in [7, 11) is 2.16. The fourth-order valence-corrected chi connectivity index (χ4v) is 3.10. The Morgan fingerprint density at radius 2 is 2.38 bits per heavy atom. The molecule has 0 aromatic carbocycles. The van der Waals surface area contributed by atoms with Gasteiger partial charge < -0.3 is 14.6 Å². The molecule has 2 aromatic heterocycles. The molecule has 112 valence electrons. The first-order valence-corrected chi connectivity index (χ1v) is 7.58. The number of pyridine rings is 1. The summed E-state index contributed by atoms with van der Waals surface area (Å²) < 4.78 is 1.90. The van der Waals surface area contributed by atoms with Crippen LogP contribution in [0.4, 0.5) is 0 Å². The lowest BCUT2D eigenvalue weighted by molar-refractivity contribution is 0.0951. The van der Waals surface area contributed by atoms with Crippen molar-refractivity contribution in [2.75, 3.05) is 20.1 Å². The van der Waals surface area contributed by atoms with Crippen molar-refractivity contribution in [2.45, 2.75) is 32.2 Å². The number of rotatable bonds is 4. The second kappa shape index (κ2) is 5.85. The lowest BCUT2D eigenvalue weighted by atomic mass is 10.1. The zero-order valence-electron chi connectivity index (χ0n) is 12.7. The van der Waals surface area contributed by atoms with Crippen LogP contribution in [-0.2, 0) is 0 Å². The first-order chi connectivity index (χ1) is 10.1. The van der Waals surface area contributed by atoms with Crippen LogP contribution in [-0.4, -0.2) is 46.4 Å². The van der Waals surface area contributed by atoms with Gasteiger partial charge in [0.2, 0.25) is 0 Å². The number of imidazole rings is 1. The molecule has 1 N–H and O–H groups in total. The van der Waals surface area contributed by atoms with Crippen molar-refractivity contribution in [3.05, 3.63) is 35.8 Å². The van der Waals surface area contributed by atoms with Gasteiger partial charge >= 0.3 is 0 Å². The first kappa shape index (κ1) is 14.1. The highest BCUT2D eigenvalue weighted by Gasteiger charge is 2.20. The van der Waals surface area contributed by atoms with Gasteiger partial charge in [0.1, 0.15) is 5.65 Å². The number of amides is 1. The zero-order valence-corrected chi connectivity index (χ0v) is 12.7. The summed E-state index contributed by atoms with van der Waals surface area (Å²) in [6.07, 6.45) is 7.36. The fourth-order valence-electron chi connectivity index (χ4n) is 3.10. The summed E-state index contributed by atoms with van der Waals surface area (Å²) in [5, 5.41) is 3.03. The average Bonchev–Trinajstić information content (AvgIpc) is 3.03. The van der Waals surface area contributed by atoms with Crippen LogP contribution in [0, 0.1) is 6.92 Å². The van der Waals surface area contributed by atoms with Crippen molar-refractivity contribution in [2.24, 2.45) is 0 Å². The molecule has 0 saturated carbocycles. The van der Waals surface area contributed by atoms with Crippen molar-refractivity contribution < 1.29 is 4.79 Å². The summed E-state index contributed by atoms with van der Waals surface area (Å²) in [4.78, 5) is 19.2. The van der Waals surface area contributed by atoms with E-state index in [1.807, 2.05) is 35.9 Å². The Kier molecular flexibility index (Phi) is 3.92. The van der Waals surface area contributed by atoms with Gasteiger partial charge in [0.05, 0.1) is 11.3 Å². The third kappa shape index (κ3) is 2.93. The number of hydrogen-bond acceptors (Lipinski definition) is 3. The van der Waals surface area contributed by atoms with Crippen LogP contribution in [0.25, 0.3) is 5.65 Å². The lowest BCUT2D eigenvalue weighted by Crippen LogP contribution is -2.32. The van der Waals surface area contributed by atoms with Crippen LogP contribution in [0.15, 0.2) is 24.5 Å². The summed E-state index contributed by atoms with van der Waals surface area (Å²) in [5.74, 6) is -0.0353. The van der Waals surface area contributed by atoms with Crippen molar-refractivity contribution in [1.29, 1.82) is 0 Å². The number of carbonyl (C=O) groups excluding carboxylic acids is 1. The summed E-state index contributed by atoms with van der Waals surface area (Å²) in [5.41, 5.74) is 2.29. The van der Waals surface area contributed by atoms with Gasteiger partial charge in [-0.3, -0.25) is 4.79 Å². The molecule has 3 heterocycles. The van der Waals surface area contributed by atoms with E-state index in [4.69, 9.17) is 0 Å². The Morgan fingerprint density at radius 1 is 1.52 bits per heavy atom. The Hall–Kier alpha value is -1.88. The van der Waals surface area contributed by atoms with Crippen LogP contribution in [0.3, 0.4) is 0 Å². The van der Waals surface area contributed by atoms with Crippen LogP contribution >= 0.6 is 0 Å². The van der Waals surface area contributed by atoms with Gasteiger partial charge in [-0.05, 0) is 51.9 Å². The number of nitrogens with zero attached hydrogens (tertiary/aromatic N) is 3. The first-order valence-electron chi connectivity index (χ1n) is 7.58. The second-order valence-corrected chi connectivity index (χ2v) is 5.86. The van der Waals surface area contributed by atoms with Gasteiger partial charge in [-0.15, -0.1) is 0 Å². The SMILES string of the molecule is Cc1cn2cccc(C(=O)NCC[C@@H]3CCCN3C)c2n1. The summed E-state index contributed by atoms with van der Waals surface area (Å²) in [6, 6.07) is 4.32. The van der Waals surface area contributed by atoms with Crippen LogP contribution in [0.2, 0.25) is 0 Å². The molecule has 1 aliphatic heterocycles. The maximum Gasteiger partial charge on any atom is 0.255 e. The van der Waals surface area contributed by atoms with E-state index in [2.05, 4.69) is 22.2 Å². The fraction of sp³-hybridized carbons (Fsp3) is 0.500. The smallest absolute Gasteiger partial charge is 0.255 e. The van der Waals surface area contributed by atoms with Crippen molar-refractivity contribution in [1.82, 2.24) is 19.6 Å². The van der Waals surface area contributed by atoms with Gasteiger partial charge in [-0.2, -0.15) is 0 Å². The standard InChI is InChI=1S/C16H22N4O/c1-12-11-20-10-4-6-14(15(20)18-12)16(21)17-8-7-13-5-3-9-19(13)2/h4,6,10-11,13H,3,5,7-9H2,1-2H3,(H,17,21)/t13-/m0/s1. The molecule has 2 aromatic rings. The maximum absolute atomic E-state index is 12.3.